The minimum absolute atomic E-state index is 0.0704. The van der Waals surface area contributed by atoms with Crippen LogP contribution >= 0.6 is 11.5 Å². The number of nitro groups is 1. The number of nitro benzene ring substituents is 1. The van der Waals surface area contributed by atoms with Crippen LogP contribution in [0.1, 0.15) is 16.2 Å². The van der Waals surface area contributed by atoms with Crippen LogP contribution in [0.15, 0.2) is 18.2 Å². The van der Waals surface area contributed by atoms with Crippen molar-refractivity contribution in [3.63, 3.8) is 0 Å². The van der Waals surface area contributed by atoms with Crippen LogP contribution in [0.25, 0.3) is 0 Å². The van der Waals surface area contributed by atoms with E-state index in [0.29, 0.717) is 11.0 Å². The summed E-state index contributed by atoms with van der Waals surface area (Å²) < 4.78 is 3.93. The van der Waals surface area contributed by atoms with E-state index in [0.717, 1.165) is 11.5 Å². The molecule has 8 nitrogen and oxygen atoms in total. The van der Waals surface area contributed by atoms with Gasteiger partial charge >= 0.3 is 11.7 Å². The number of para-hydroxylation sites is 1. The summed E-state index contributed by atoms with van der Waals surface area (Å²) in [6, 6.07) is 4.02. The molecule has 0 unspecified atom stereocenters. The van der Waals surface area contributed by atoms with Crippen LogP contribution in [0.2, 0.25) is 0 Å². The fourth-order valence-corrected chi connectivity index (χ4v) is 2.06. The van der Waals surface area contributed by atoms with E-state index < -0.39 is 16.6 Å². The lowest BCUT2D eigenvalue weighted by Crippen LogP contribution is -2.05. The van der Waals surface area contributed by atoms with Gasteiger partial charge in [-0.1, -0.05) is 6.07 Å². The number of benzene rings is 1. The monoisotopic (exact) mass is 280 g/mol. The molecule has 0 bridgehead atoms. The lowest BCUT2D eigenvalue weighted by atomic mass is 10.1. The highest BCUT2D eigenvalue weighted by molar-refractivity contribution is 7.09. The number of aromatic carboxylic acids is 1. The Morgan fingerprint density at radius 1 is 1.53 bits per heavy atom. The van der Waals surface area contributed by atoms with Gasteiger partial charge in [0.15, 0.2) is 0 Å². The molecular formula is C10H8N4O4S. The molecule has 1 aromatic heterocycles. The first-order valence-corrected chi connectivity index (χ1v) is 5.84. The summed E-state index contributed by atoms with van der Waals surface area (Å²) in [6.45, 7) is 1.68. The van der Waals surface area contributed by atoms with Crippen molar-refractivity contribution in [1.82, 2.24) is 9.36 Å². The first kappa shape index (κ1) is 12.9. The van der Waals surface area contributed by atoms with Crippen molar-refractivity contribution in [2.24, 2.45) is 0 Å². The second kappa shape index (κ2) is 4.98. The molecule has 2 N–H and O–H groups in total. The molecule has 1 aromatic carbocycles. The van der Waals surface area contributed by atoms with Gasteiger partial charge in [-0.2, -0.15) is 4.37 Å². The summed E-state index contributed by atoms with van der Waals surface area (Å²) >= 11 is 1.04. The largest absolute Gasteiger partial charge is 0.477 e. The Hall–Kier alpha value is -2.55. The average Bonchev–Trinajstić information content (AvgIpc) is 2.74. The molecule has 0 saturated carbocycles. The molecule has 0 amide bonds. The van der Waals surface area contributed by atoms with Crippen molar-refractivity contribution in [2.45, 2.75) is 6.92 Å². The molecule has 2 aromatic rings. The molecule has 1 heterocycles. The lowest BCUT2D eigenvalue weighted by Gasteiger charge is -2.05. The number of carboxylic acids is 1. The summed E-state index contributed by atoms with van der Waals surface area (Å²) in [5.41, 5.74) is -0.805. The molecule has 19 heavy (non-hydrogen) atoms. The molecule has 0 saturated heterocycles. The molecule has 0 radical (unpaired) electrons. The van der Waals surface area contributed by atoms with E-state index in [1.807, 2.05) is 0 Å². The van der Waals surface area contributed by atoms with Crippen LogP contribution in [0.4, 0.5) is 16.5 Å². The van der Waals surface area contributed by atoms with Gasteiger partial charge in [0.1, 0.15) is 17.1 Å². The second-order valence-electron chi connectivity index (χ2n) is 3.54. The third-order valence-corrected chi connectivity index (χ3v) is 2.94. The van der Waals surface area contributed by atoms with Gasteiger partial charge in [-0.25, -0.2) is 9.78 Å². The van der Waals surface area contributed by atoms with Gasteiger partial charge in [-0.05, 0) is 19.1 Å². The number of carboxylic acid groups (broad SMARTS) is 1. The van der Waals surface area contributed by atoms with Gasteiger partial charge < -0.3 is 10.4 Å². The summed E-state index contributed by atoms with van der Waals surface area (Å²) in [7, 11) is 0. The number of hydrogen-bond acceptors (Lipinski definition) is 7. The SMILES string of the molecule is Cc1nsc(Nc2cccc(C(=O)O)c2[N+](=O)[O-])n1. The van der Waals surface area contributed by atoms with Crippen LogP contribution in [0.3, 0.4) is 0 Å². The highest BCUT2D eigenvalue weighted by Crippen LogP contribution is 2.31. The van der Waals surface area contributed by atoms with Crippen molar-refractivity contribution in [2.75, 3.05) is 5.32 Å². The summed E-state index contributed by atoms with van der Waals surface area (Å²) in [4.78, 5) is 25.3. The van der Waals surface area contributed by atoms with Crippen molar-refractivity contribution in [1.29, 1.82) is 0 Å². The van der Waals surface area contributed by atoms with E-state index in [4.69, 9.17) is 5.11 Å². The topological polar surface area (TPSA) is 118 Å². The summed E-state index contributed by atoms with van der Waals surface area (Å²) in [5, 5.41) is 23.0. The molecule has 0 fully saturated rings. The molecule has 2 rings (SSSR count). The molecule has 0 aliphatic rings. The van der Waals surface area contributed by atoms with Gasteiger partial charge in [0, 0.05) is 11.5 Å². The van der Waals surface area contributed by atoms with E-state index >= 15 is 0 Å². The van der Waals surface area contributed by atoms with E-state index in [-0.39, 0.29) is 11.3 Å². The van der Waals surface area contributed by atoms with Crippen LogP contribution in [0, 0.1) is 17.0 Å². The number of aryl methyl sites for hydroxylation is 1. The minimum Gasteiger partial charge on any atom is -0.477 e. The molecule has 0 aliphatic heterocycles. The molecule has 0 aliphatic carbocycles. The zero-order valence-corrected chi connectivity index (χ0v) is 10.5. The van der Waals surface area contributed by atoms with Crippen molar-refractivity contribution < 1.29 is 14.8 Å². The van der Waals surface area contributed by atoms with Crippen LogP contribution < -0.4 is 5.32 Å². The Morgan fingerprint density at radius 2 is 2.26 bits per heavy atom. The van der Waals surface area contributed by atoms with Gasteiger partial charge in [0.05, 0.1) is 4.92 Å². The van der Waals surface area contributed by atoms with E-state index in [1.54, 1.807) is 6.92 Å². The standard InChI is InChI=1S/C10H8N4O4S/c1-5-11-10(19-13-5)12-7-4-2-3-6(9(15)16)8(7)14(17)18/h2-4H,1H3,(H,15,16)(H,11,12,13). The van der Waals surface area contributed by atoms with E-state index in [1.165, 1.54) is 18.2 Å². The minimum atomic E-state index is -1.36. The van der Waals surface area contributed by atoms with Crippen molar-refractivity contribution >= 4 is 34.0 Å². The molecule has 0 atom stereocenters. The number of hydrogen-bond donors (Lipinski definition) is 2. The van der Waals surface area contributed by atoms with E-state index in [2.05, 4.69) is 14.7 Å². The number of anilines is 2. The van der Waals surface area contributed by atoms with E-state index in [9.17, 15) is 14.9 Å². The number of nitrogens with one attached hydrogen (secondary N) is 1. The van der Waals surface area contributed by atoms with Crippen LogP contribution in [-0.2, 0) is 0 Å². The fourth-order valence-electron chi connectivity index (χ4n) is 1.48. The number of aromatic nitrogens is 2. The number of nitrogens with zero attached hydrogens (tertiary/aromatic N) is 3. The maximum atomic E-state index is 11.0. The Balaban J connectivity index is 2.47. The summed E-state index contributed by atoms with van der Waals surface area (Å²) in [5.74, 6) is -0.826. The molecular weight excluding hydrogens is 272 g/mol. The zero-order valence-electron chi connectivity index (χ0n) is 9.65. The smallest absolute Gasteiger partial charge is 0.342 e. The highest BCUT2D eigenvalue weighted by atomic mass is 32.1. The maximum absolute atomic E-state index is 11.0. The highest BCUT2D eigenvalue weighted by Gasteiger charge is 2.24. The molecule has 9 heteroatoms. The lowest BCUT2D eigenvalue weighted by molar-refractivity contribution is -0.384. The van der Waals surface area contributed by atoms with Gasteiger partial charge in [-0.15, -0.1) is 0 Å². The van der Waals surface area contributed by atoms with Crippen molar-refractivity contribution in [3.8, 4) is 0 Å². The van der Waals surface area contributed by atoms with Crippen LogP contribution in [0.5, 0.6) is 0 Å². The first-order chi connectivity index (χ1) is 8.99. The van der Waals surface area contributed by atoms with Gasteiger partial charge in [0.25, 0.3) is 0 Å². The molecule has 98 valence electrons. The van der Waals surface area contributed by atoms with Gasteiger partial charge in [0.2, 0.25) is 5.13 Å². The Bertz CT molecular complexity index is 655. The molecule has 0 spiro atoms. The zero-order chi connectivity index (χ0) is 14.0. The third-order valence-electron chi connectivity index (χ3n) is 2.22. The predicted molar refractivity (Wildman–Crippen MR) is 68.0 cm³/mol. The normalized spacial score (nSPS) is 10.2. The maximum Gasteiger partial charge on any atom is 0.342 e. The second-order valence-corrected chi connectivity index (χ2v) is 4.29. The number of carbonyl (C=O) groups is 1. The Morgan fingerprint density at radius 3 is 2.79 bits per heavy atom. The first-order valence-electron chi connectivity index (χ1n) is 5.07. The number of rotatable bonds is 4. The average molecular weight is 280 g/mol. The quantitative estimate of drug-likeness (QED) is 0.650. The Labute approximate surface area is 111 Å². The third kappa shape index (κ3) is 2.65. The van der Waals surface area contributed by atoms with Gasteiger partial charge in [-0.3, -0.25) is 10.1 Å². The van der Waals surface area contributed by atoms with Crippen LogP contribution in [-0.4, -0.2) is 25.4 Å². The summed E-state index contributed by atoms with van der Waals surface area (Å²) in [6.07, 6.45) is 0. The Kier molecular flexibility index (Phi) is 3.38. The predicted octanol–water partition coefficient (Wildman–Crippen LogP) is 2.20. The van der Waals surface area contributed by atoms with Crippen molar-refractivity contribution in [3.05, 3.63) is 39.7 Å². The fraction of sp³-hybridized carbons (Fsp3) is 0.100.